The molecule has 0 aliphatic rings. The predicted octanol–water partition coefficient (Wildman–Crippen LogP) is 1.45. The van der Waals surface area contributed by atoms with E-state index in [0.29, 0.717) is 17.9 Å². The third kappa shape index (κ3) is 6.23. The third-order valence-electron chi connectivity index (χ3n) is 3.15. The average molecular weight is 324 g/mol. The smallest absolute Gasteiger partial charge is 0.309 e. The zero-order valence-corrected chi connectivity index (χ0v) is 13.8. The number of nitrogens with zero attached hydrogens (tertiary/aromatic N) is 2. The highest BCUT2D eigenvalue weighted by Crippen LogP contribution is 2.15. The minimum absolute atomic E-state index is 0.0144. The van der Waals surface area contributed by atoms with Crippen LogP contribution in [0.15, 0.2) is 12.3 Å². The Morgan fingerprint density at radius 1 is 1.35 bits per heavy atom. The summed E-state index contributed by atoms with van der Waals surface area (Å²) in [7, 11) is 1.81. The molecule has 1 aromatic rings. The highest BCUT2D eigenvalue weighted by atomic mass is 16.5. The Labute approximate surface area is 135 Å². The van der Waals surface area contributed by atoms with Gasteiger partial charge in [-0.2, -0.15) is 0 Å². The summed E-state index contributed by atoms with van der Waals surface area (Å²) in [5, 5.41) is 9.06. The maximum atomic E-state index is 11.9. The Kier molecular flexibility index (Phi) is 8.04. The summed E-state index contributed by atoms with van der Waals surface area (Å²) in [6, 6.07) is 0. The zero-order valence-electron chi connectivity index (χ0n) is 13.8. The van der Waals surface area contributed by atoms with Crippen molar-refractivity contribution in [3.8, 4) is 0 Å². The van der Waals surface area contributed by atoms with Crippen LogP contribution in [-0.4, -0.2) is 39.8 Å². The highest BCUT2D eigenvalue weighted by Gasteiger charge is 2.22. The first-order chi connectivity index (χ1) is 11.0. The Morgan fingerprint density at radius 3 is 2.61 bits per heavy atom. The molecule has 7 heteroatoms. The number of imidazole rings is 1. The first-order valence-corrected chi connectivity index (χ1v) is 7.63. The van der Waals surface area contributed by atoms with Crippen molar-refractivity contribution in [3.05, 3.63) is 23.8 Å². The molecule has 1 N–H and O–H groups in total. The van der Waals surface area contributed by atoms with Gasteiger partial charge < -0.3 is 19.1 Å². The van der Waals surface area contributed by atoms with Gasteiger partial charge in [-0.15, -0.1) is 0 Å². The Hall–Kier alpha value is -2.15. The second kappa shape index (κ2) is 9.78. The summed E-state index contributed by atoms with van der Waals surface area (Å²) in [6.45, 7) is 3.86. The summed E-state index contributed by atoms with van der Waals surface area (Å²) >= 11 is 0. The van der Waals surface area contributed by atoms with Gasteiger partial charge in [0.2, 0.25) is 0 Å². The van der Waals surface area contributed by atoms with Crippen molar-refractivity contribution < 1.29 is 24.2 Å². The molecule has 0 aliphatic heterocycles. The molecule has 23 heavy (non-hydrogen) atoms. The van der Waals surface area contributed by atoms with E-state index in [1.807, 2.05) is 7.05 Å². The molecule has 0 aliphatic carbocycles. The fourth-order valence-corrected chi connectivity index (χ4v) is 2.06. The van der Waals surface area contributed by atoms with Crippen LogP contribution in [0.4, 0.5) is 0 Å². The molecule has 0 radical (unpaired) electrons. The van der Waals surface area contributed by atoms with E-state index in [0.717, 1.165) is 0 Å². The largest absolute Gasteiger partial charge is 0.466 e. The van der Waals surface area contributed by atoms with E-state index in [9.17, 15) is 9.59 Å². The van der Waals surface area contributed by atoms with Crippen molar-refractivity contribution in [2.24, 2.45) is 13.0 Å². The summed E-state index contributed by atoms with van der Waals surface area (Å²) in [5.41, 5.74) is 0.570. The Bertz CT molecular complexity index is 551. The van der Waals surface area contributed by atoms with Crippen molar-refractivity contribution in [3.63, 3.8) is 0 Å². The number of aliphatic hydroxyl groups is 1. The number of ether oxygens (including phenoxy) is 2. The second-order valence-corrected chi connectivity index (χ2v) is 4.96. The molecular formula is C16H24N2O5. The number of hydrogen-bond acceptors (Lipinski definition) is 6. The molecule has 0 fully saturated rings. The van der Waals surface area contributed by atoms with Crippen LogP contribution in [0, 0.1) is 5.92 Å². The number of carbonyl (C=O) groups excluding carboxylic acids is 2. The number of aryl methyl sites for hydroxylation is 1. The van der Waals surface area contributed by atoms with Gasteiger partial charge in [-0.25, -0.2) is 4.98 Å². The monoisotopic (exact) mass is 324 g/mol. The van der Waals surface area contributed by atoms with Gasteiger partial charge in [-0.1, -0.05) is 6.08 Å². The first-order valence-electron chi connectivity index (χ1n) is 7.63. The summed E-state index contributed by atoms with van der Waals surface area (Å²) in [5.74, 6) is -0.754. The summed E-state index contributed by atoms with van der Waals surface area (Å²) < 4.78 is 11.7. The van der Waals surface area contributed by atoms with E-state index in [4.69, 9.17) is 14.6 Å². The highest BCUT2D eigenvalue weighted by molar-refractivity contribution is 5.80. The lowest BCUT2D eigenvalue weighted by molar-refractivity contribution is -0.154. The van der Waals surface area contributed by atoms with Crippen molar-refractivity contribution >= 4 is 18.0 Å². The maximum absolute atomic E-state index is 11.9. The molecule has 0 spiro atoms. The van der Waals surface area contributed by atoms with E-state index in [-0.39, 0.29) is 26.2 Å². The van der Waals surface area contributed by atoms with Gasteiger partial charge >= 0.3 is 11.9 Å². The van der Waals surface area contributed by atoms with Gasteiger partial charge in [0.15, 0.2) is 0 Å². The van der Waals surface area contributed by atoms with Crippen LogP contribution in [0.2, 0.25) is 0 Å². The lowest BCUT2D eigenvalue weighted by atomic mass is 10.0. The van der Waals surface area contributed by atoms with E-state index < -0.39 is 17.9 Å². The van der Waals surface area contributed by atoms with Crippen molar-refractivity contribution in [1.82, 2.24) is 9.55 Å². The van der Waals surface area contributed by atoms with Gasteiger partial charge in [0.05, 0.1) is 37.9 Å². The van der Waals surface area contributed by atoms with E-state index >= 15 is 0 Å². The van der Waals surface area contributed by atoms with Gasteiger partial charge in [0, 0.05) is 13.2 Å². The molecule has 0 saturated carbocycles. The third-order valence-corrected chi connectivity index (χ3v) is 3.15. The van der Waals surface area contributed by atoms with Gasteiger partial charge in [-0.05, 0) is 26.3 Å². The molecule has 0 bridgehead atoms. The lowest BCUT2D eigenvalue weighted by Gasteiger charge is -2.12. The fourth-order valence-electron chi connectivity index (χ4n) is 2.06. The topological polar surface area (TPSA) is 90.6 Å². The minimum atomic E-state index is -0.581. The van der Waals surface area contributed by atoms with Crippen LogP contribution in [0.3, 0.4) is 0 Å². The standard InChI is InChI=1S/C16H24N2O5/c1-4-22-15(20)9-12(16(21)23-5-2)7-6-8-14-17-13(11-19)10-18(14)3/h6,8,10,12,19H,4-5,7,9,11H2,1-3H3/b8-6+/t12-/m1/s1. The predicted molar refractivity (Wildman–Crippen MR) is 84.2 cm³/mol. The second-order valence-electron chi connectivity index (χ2n) is 4.96. The molecule has 7 nitrogen and oxygen atoms in total. The normalized spacial score (nSPS) is 12.3. The Morgan fingerprint density at radius 2 is 2.04 bits per heavy atom. The SMILES string of the molecule is CCOC(=O)C[C@@H](C/C=C/c1nc(CO)cn1C)C(=O)OCC. The van der Waals surface area contributed by atoms with E-state index in [2.05, 4.69) is 4.98 Å². The van der Waals surface area contributed by atoms with Crippen LogP contribution >= 0.6 is 0 Å². The van der Waals surface area contributed by atoms with Crippen LogP contribution in [0.1, 0.15) is 38.2 Å². The number of esters is 2. The molecule has 1 rings (SSSR count). The van der Waals surface area contributed by atoms with Crippen molar-refractivity contribution in [1.29, 1.82) is 0 Å². The molecule has 1 heterocycles. The van der Waals surface area contributed by atoms with Crippen LogP contribution < -0.4 is 0 Å². The average Bonchev–Trinajstić information content (AvgIpc) is 2.87. The summed E-state index contributed by atoms with van der Waals surface area (Å²) in [4.78, 5) is 27.7. The van der Waals surface area contributed by atoms with Crippen LogP contribution in [-0.2, 0) is 32.7 Å². The molecule has 0 amide bonds. The number of hydrogen-bond donors (Lipinski definition) is 1. The van der Waals surface area contributed by atoms with Gasteiger partial charge in [0.1, 0.15) is 5.82 Å². The van der Waals surface area contributed by atoms with E-state index in [1.54, 1.807) is 36.8 Å². The molecule has 1 atom stereocenters. The van der Waals surface area contributed by atoms with Gasteiger partial charge in [-0.3, -0.25) is 9.59 Å². The van der Waals surface area contributed by atoms with Crippen LogP contribution in [0.5, 0.6) is 0 Å². The Balaban J connectivity index is 2.71. The minimum Gasteiger partial charge on any atom is -0.466 e. The molecule has 128 valence electrons. The van der Waals surface area contributed by atoms with Crippen LogP contribution in [0.25, 0.3) is 6.08 Å². The first kappa shape index (κ1) is 18.9. The fraction of sp³-hybridized carbons (Fsp3) is 0.562. The number of aliphatic hydroxyl groups excluding tert-OH is 1. The number of rotatable bonds is 9. The van der Waals surface area contributed by atoms with E-state index in [1.165, 1.54) is 0 Å². The molecule has 0 aromatic carbocycles. The lowest BCUT2D eigenvalue weighted by Crippen LogP contribution is -2.21. The number of aromatic nitrogens is 2. The molecule has 0 unspecified atom stereocenters. The quantitative estimate of drug-likeness (QED) is 0.691. The zero-order chi connectivity index (χ0) is 17.2. The molecule has 0 saturated heterocycles. The summed E-state index contributed by atoms with van der Waals surface area (Å²) in [6.07, 6.45) is 5.57. The molecular weight excluding hydrogens is 300 g/mol. The van der Waals surface area contributed by atoms with Crippen molar-refractivity contribution in [2.45, 2.75) is 33.3 Å². The number of allylic oxidation sites excluding steroid dienone is 1. The van der Waals surface area contributed by atoms with Crippen molar-refractivity contribution in [2.75, 3.05) is 13.2 Å². The maximum Gasteiger partial charge on any atom is 0.309 e. The van der Waals surface area contributed by atoms with Gasteiger partial charge in [0.25, 0.3) is 0 Å². The number of carbonyl (C=O) groups is 2. The molecule has 1 aromatic heterocycles.